The molecule has 1 saturated heterocycles. The number of likely N-dealkylation sites (N-methyl/N-ethyl adjacent to an activating group) is 1. The zero-order valence-corrected chi connectivity index (χ0v) is 37.1. The second-order valence-electron chi connectivity index (χ2n) is 15.9. The molecule has 0 saturated carbocycles. The molecule has 1 aliphatic rings. The fourth-order valence-corrected chi connectivity index (χ4v) is 6.96. The molecule has 5 amide bonds. The Balaban J connectivity index is 1.87. The summed E-state index contributed by atoms with van der Waals surface area (Å²) >= 11 is 0. The van der Waals surface area contributed by atoms with Crippen LogP contribution in [0.15, 0.2) is 24.3 Å². The van der Waals surface area contributed by atoms with Crippen molar-refractivity contribution < 1.29 is 63.9 Å². The number of carbonyl (C=O) groups is 8. The first-order valence-electron chi connectivity index (χ1n) is 21.7. The zero-order chi connectivity index (χ0) is 47.4. The molecule has 1 aromatic rings. The van der Waals surface area contributed by atoms with Crippen LogP contribution in [-0.2, 0) is 44.8 Å². The Bertz CT molecular complexity index is 1620. The molecule has 10 N–H and O–H groups in total. The molecular weight excluding hydrogens is 839 g/mol. The molecule has 0 radical (unpaired) electrons. The van der Waals surface area contributed by atoms with E-state index in [0.717, 1.165) is 17.5 Å². The van der Waals surface area contributed by atoms with E-state index in [1.165, 1.54) is 7.05 Å². The first kappa shape index (κ1) is 54.9. The van der Waals surface area contributed by atoms with Gasteiger partial charge >= 0.3 is 17.9 Å². The summed E-state index contributed by atoms with van der Waals surface area (Å²) in [6.45, 7) is 2.98. The number of hydrogen-bond acceptors (Lipinski definition) is 14. The lowest BCUT2D eigenvalue weighted by atomic mass is 10.1. The minimum Gasteiger partial charge on any atom is -0.480 e. The highest BCUT2D eigenvalue weighted by atomic mass is 16.5. The van der Waals surface area contributed by atoms with Crippen molar-refractivity contribution >= 4 is 47.4 Å². The number of aryl methyl sites for hydroxylation is 2. The largest absolute Gasteiger partial charge is 0.480 e. The summed E-state index contributed by atoms with van der Waals surface area (Å²) in [7, 11) is 1.42. The molecular formula is C42H69N9O13. The van der Waals surface area contributed by atoms with Gasteiger partial charge in [-0.2, -0.15) is 0 Å². The summed E-state index contributed by atoms with van der Waals surface area (Å²) in [5.74, 6) is -5.49. The molecule has 64 heavy (non-hydrogen) atoms. The van der Waals surface area contributed by atoms with Crippen LogP contribution in [0.2, 0.25) is 0 Å². The third kappa shape index (κ3) is 25.1. The van der Waals surface area contributed by atoms with Gasteiger partial charge < -0.3 is 52.1 Å². The average Bonchev–Trinajstić information content (AvgIpc) is 3.22. The number of carboxylic acids is 3. The van der Waals surface area contributed by atoms with Crippen LogP contribution in [0.5, 0.6) is 0 Å². The Labute approximate surface area is 374 Å². The summed E-state index contributed by atoms with van der Waals surface area (Å²) in [5.41, 5.74) is 2.31. The Morgan fingerprint density at radius 3 is 1.52 bits per heavy atom. The van der Waals surface area contributed by atoms with Crippen molar-refractivity contribution in [3.63, 3.8) is 0 Å². The van der Waals surface area contributed by atoms with E-state index in [1.807, 2.05) is 31.2 Å². The van der Waals surface area contributed by atoms with E-state index in [0.29, 0.717) is 32.1 Å². The van der Waals surface area contributed by atoms with Gasteiger partial charge in [0.15, 0.2) is 6.29 Å². The maximum atomic E-state index is 13.4. The summed E-state index contributed by atoms with van der Waals surface area (Å²) in [6, 6.07) is 5.92. The second kappa shape index (κ2) is 30.8. The van der Waals surface area contributed by atoms with Crippen molar-refractivity contribution in [3.05, 3.63) is 35.4 Å². The van der Waals surface area contributed by atoms with Crippen LogP contribution in [0.4, 0.5) is 0 Å². The number of amides is 5. The van der Waals surface area contributed by atoms with Gasteiger partial charge in [-0.15, -0.1) is 0 Å². The highest BCUT2D eigenvalue weighted by Gasteiger charge is 2.25. The molecule has 1 fully saturated rings. The predicted molar refractivity (Wildman–Crippen MR) is 233 cm³/mol. The Kier molecular flexibility index (Phi) is 26.4. The lowest BCUT2D eigenvalue weighted by Gasteiger charge is -2.33. The lowest BCUT2D eigenvalue weighted by Crippen LogP contribution is -2.52. The molecule has 1 heterocycles. The van der Waals surface area contributed by atoms with E-state index in [9.17, 15) is 63.9 Å². The number of rotatable bonds is 27. The van der Waals surface area contributed by atoms with Crippen LogP contribution < -0.4 is 26.6 Å². The highest BCUT2D eigenvalue weighted by molar-refractivity contribution is 5.88. The third-order valence-corrected chi connectivity index (χ3v) is 10.5. The number of carbonyl (C=O) groups excluding carboxylic acids is 5. The number of aliphatic carboxylic acids is 3. The Hall–Kier alpha value is -5.26. The number of aliphatic hydroxyl groups excluding tert-OH is 1. The first-order valence-corrected chi connectivity index (χ1v) is 21.7. The van der Waals surface area contributed by atoms with Crippen molar-refractivity contribution in [3.8, 4) is 0 Å². The van der Waals surface area contributed by atoms with Crippen molar-refractivity contribution in [1.29, 1.82) is 0 Å². The molecule has 360 valence electrons. The summed E-state index contributed by atoms with van der Waals surface area (Å²) in [4.78, 5) is 105. The smallest absolute Gasteiger partial charge is 0.317 e. The molecule has 0 aliphatic carbocycles. The van der Waals surface area contributed by atoms with Crippen molar-refractivity contribution in [2.75, 3.05) is 98.7 Å². The Morgan fingerprint density at radius 2 is 1.03 bits per heavy atom. The number of hydrogen-bond donors (Lipinski definition) is 10. The van der Waals surface area contributed by atoms with E-state index in [1.54, 1.807) is 19.6 Å². The Morgan fingerprint density at radius 1 is 0.562 bits per heavy atom. The van der Waals surface area contributed by atoms with E-state index in [4.69, 9.17) is 0 Å². The van der Waals surface area contributed by atoms with Gasteiger partial charge in [-0.05, 0) is 51.0 Å². The van der Waals surface area contributed by atoms with Gasteiger partial charge in [0.1, 0.15) is 12.1 Å². The number of nitrogens with zero attached hydrogens (tertiary/aromatic N) is 4. The van der Waals surface area contributed by atoms with E-state index >= 15 is 0 Å². The van der Waals surface area contributed by atoms with Crippen LogP contribution in [0.1, 0.15) is 62.5 Å². The van der Waals surface area contributed by atoms with Crippen LogP contribution in [-0.4, -0.2) is 210 Å². The van der Waals surface area contributed by atoms with Crippen molar-refractivity contribution in [2.45, 2.75) is 83.1 Å². The van der Waals surface area contributed by atoms with Gasteiger partial charge in [0.05, 0.1) is 26.2 Å². The van der Waals surface area contributed by atoms with Crippen LogP contribution in [0, 0.1) is 6.92 Å². The summed E-state index contributed by atoms with van der Waals surface area (Å²) in [5, 5.41) is 60.7. The number of aliphatic hydroxyl groups is 2. The molecule has 2 rings (SSSR count). The van der Waals surface area contributed by atoms with Crippen molar-refractivity contribution in [1.82, 2.24) is 46.2 Å². The third-order valence-electron chi connectivity index (χ3n) is 10.5. The summed E-state index contributed by atoms with van der Waals surface area (Å²) in [6.07, 6.45) is 0.658. The molecule has 0 bridgehead atoms. The SMILES string of the molecule is CNC(=O)[C@H](CCCCNC(=O)[C@H](CC(O)O)NC(=O)CCCNC(=O)CCCc1ccc(C)cc1)NC(=O)CN1CCN(CC(=O)O)CCN(CC(=O)O)CCN(CC(=O)O)CC1. The van der Waals surface area contributed by atoms with Gasteiger partial charge in [-0.3, -0.25) is 58.0 Å². The van der Waals surface area contributed by atoms with Crippen LogP contribution in [0.3, 0.4) is 0 Å². The normalized spacial score (nSPS) is 15.8. The van der Waals surface area contributed by atoms with E-state index in [2.05, 4.69) is 26.6 Å². The number of carboxylic acid groups (broad SMARTS) is 3. The van der Waals surface area contributed by atoms with Gasteiger partial charge in [0.2, 0.25) is 29.5 Å². The second-order valence-corrected chi connectivity index (χ2v) is 15.9. The molecule has 1 aromatic carbocycles. The van der Waals surface area contributed by atoms with Crippen LogP contribution >= 0.6 is 0 Å². The fraction of sp³-hybridized carbons (Fsp3) is 0.667. The molecule has 0 aromatic heterocycles. The van der Waals surface area contributed by atoms with E-state index in [-0.39, 0.29) is 110 Å². The quantitative estimate of drug-likeness (QED) is 0.0320. The average molecular weight is 908 g/mol. The molecule has 0 spiro atoms. The van der Waals surface area contributed by atoms with Gasteiger partial charge in [-0.1, -0.05) is 29.8 Å². The topological polar surface area (TPSA) is 311 Å². The summed E-state index contributed by atoms with van der Waals surface area (Å²) < 4.78 is 0. The molecule has 2 atom stereocenters. The van der Waals surface area contributed by atoms with Crippen LogP contribution in [0.25, 0.3) is 0 Å². The maximum Gasteiger partial charge on any atom is 0.317 e. The minimum atomic E-state index is -1.88. The maximum absolute atomic E-state index is 13.4. The van der Waals surface area contributed by atoms with Gasteiger partial charge in [0, 0.05) is 91.8 Å². The van der Waals surface area contributed by atoms with E-state index < -0.39 is 66.3 Å². The van der Waals surface area contributed by atoms with Crippen molar-refractivity contribution in [2.24, 2.45) is 0 Å². The molecule has 1 aliphatic heterocycles. The number of nitrogens with one attached hydrogen (secondary N) is 5. The predicted octanol–water partition coefficient (Wildman–Crippen LogP) is -2.61. The first-order chi connectivity index (χ1) is 30.4. The monoisotopic (exact) mass is 908 g/mol. The van der Waals surface area contributed by atoms with Gasteiger partial charge in [0.25, 0.3) is 0 Å². The van der Waals surface area contributed by atoms with Gasteiger partial charge in [-0.25, -0.2) is 0 Å². The standard InChI is InChI=1S/C42H69N9O13/c1-30-11-13-31(14-12-30)7-5-9-34(52)44-16-6-10-35(53)47-33(25-37(55)56)42(64)45-15-4-3-8-32(41(63)43-2)46-36(54)26-48-17-19-49(27-38(57)58)21-23-51(29-40(61)62)24-22-50(20-18-48)28-39(59)60/h11-14,32-33,37,55-56H,3-10,15-29H2,1-2H3,(H,43,63)(H,44,52)(H,45,64)(H,46,54)(H,47,53)(H,57,58)(H,59,60)(H,61,62)/t32-,33-/m0/s1. The highest BCUT2D eigenvalue weighted by Crippen LogP contribution is 2.08. The minimum absolute atomic E-state index is 0.0132. The molecule has 22 nitrogen and oxygen atoms in total. The fourth-order valence-electron chi connectivity index (χ4n) is 6.96. The molecule has 22 heteroatoms. The number of benzene rings is 1. The zero-order valence-electron chi connectivity index (χ0n) is 37.1. The lowest BCUT2D eigenvalue weighted by molar-refractivity contribution is -0.140. The molecule has 0 unspecified atom stereocenters. The number of unbranched alkanes of at least 4 members (excludes halogenated alkanes) is 1.